The zero-order valence-electron chi connectivity index (χ0n) is 13.5. The first kappa shape index (κ1) is 16.1. The molecule has 0 N–H and O–H groups in total. The van der Waals surface area contributed by atoms with Crippen molar-refractivity contribution < 1.29 is 0 Å². The molecule has 2 aromatic carbocycles. The molecule has 0 aliphatic carbocycles. The summed E-state index contributed by atoms with van der Waals surface area (Å²) in [5.74, 6) is 0.301. The van der Waals surface area contributed by atoms with Crippen molar-refractivity contribution in [3.63, 3.8) is 0 Å². The number of hydrogen-bond acceptors (Lipinski definition) is 3. The Bertz CT molecular complexity index is 1290. The van der Waals surface area contributed by atoms with Crippen LogP contribution in [0.25, 0.3) is 27.6 Å². The summed E-state index contributed by atoms with van der Waals surface area (Å²) < 4.78 is 2.96. The van der Waals surface area contributed by atoms with Crippen molar-refractivity contribution in [2.24, 2.45) is 0 Å². The molecular weight excluding hydrogens is 361 g/mol. The second-order valence-electron chi connectivity index (χ2n) is 6.14. The summed E-state index contributed by atoms with van der Waals surface area (Å²) in [7, 11) is 0. The molecule has 0 aliphatic rings. The zero-order valence-corrected chi connectivity index (χ0v) is 15.0. The van der Waals surface area contributed by atoms with Gasteiger partial charge in [0.1, 0.15) is 0 Å². The van der Waals surface area contributed by atoms with Crippen LogP contribution in [0, 0.1) is 0 Å². The van der Waals surface area contributed by atoms with Crippen molar-refractivity contribution in [1.82, 2.24) is 14.0 Å². The highest BCUT2D eigenvalue weighted by molar-refractivity contribution is 6.31. The molecule has 2 heterocycles. The lowest BCUT2D eigenvalue weighted by Gasteiger charge is -2.16. The van der Waals surface area contributed by atoms with E-state index in [0.717, 1.165) is 0 Å². The smallest absolute Gasteiger partial charge is 0.267 e. The third kappa shape index (κ3) is 2.34. The van der Waals surface area contributed by atoms with Crippen LogP contribution < -0.4 is 11.1 Å². The molecule has 4 aromatic rings. The first-order valence-electron chi connectivity index (χ1n) is 7.74. The minimum absolute atomic E-state index is 0.178. The van der Waals surface area contributed by atoms with Gasteiger partial charge in [0, 0.05) is 16.1 Å². The normalized spacial score (nSPS) is 11.9. The van der Waals surface area contributed by atoms with Crippen molar-refractivity contribution in [3.05, 3.63) is 67.2 Å². The molecule has 126 valence electrons. The van der Waals surface area contributed by atoms with Gasteiger partial charge in [-0.05, 0) is 50.2 Å². The maximum Gasteiger partial charge on any atom is 0.267 e. The second-order valence-corrected chi connectivity index (χ2v) is 7.02. The molecule has 0 fully saturated rings. The van der Waals surface area contributed by atoms with E-state index in [4.69, 9.17) is 23.2 Å². The van der Waals surface area contributed by atoms with Crippen molar-refractivity contribution in [3.8, 4) is 0 Å². The monoisotopic (exact) mass is 373 g/mol. The summed E-state index contributed by atoms with van der Waals surface area (Å²) in [6.45, 7) is 3.74. The Morgan fingerprint density at radius 3 is 2.24 bits per heavy atom. The average molecular weight is 374 g/mol. The van der Waals surface area contributed by atoms with Crippen molar-refractivity contribution in [2.45, 2.75) is 19.9 Å². The lowest BCUT2D eigenvalue weighted by atomic mass is 10.2. The molecule has 0 saturated heterocycles. The lowest BCUT2D eigenvalue weighted by molar-refractivity contribution is 0.587. The molecule has 2 aromatic heterocycles. The fourth-order valence-electron chi connectivity index (χ4n) is 3.09. The van der Waals surface area contributed by atoms with E-state index in [2.05, 4.69) is 4.98 Å². The number of fused-ring (bicyclic) bond motifs is 4. The van der Waals surface area contributed by atoms with Crippen LogP contribution in [0.3, 0.4) is 0 Å². The van der Waals surface area contributed by atoms with E-state index in [1.807, 2.05) is 13.8 Å². The SMILES string of the molecule is CC(C)n1c(=O)c2cc(Cl)ccc2n2c(=O)c3cc(Cl)ccc3nc12. The van der Waals surface area contributed by atoms with Crippen molar-refractivity contribution in [2.75, 3.05) is 0 Å². The summed E-state index contributed by atoms with van der Waals surface area (Å²) in [4.78, 5) is 30.7. The predicted octanol–water partition coefficient (Wildman–Crippen LogP) is 4.05. The molecule has 0 saturated carbocycles. The first-order chi connectivity index (χ1) is 11.9. The molecule has 5 nitrogen and oxygen atoms in total. The number of nitrogens with zero attached hydrogens (tertiary/aromatic N) is 3. The Balaban J connectivity index is 2.40. The quantitative estimate of drug-likeness (QED) is 0.373. The van der Waals surface area contributed by atoms with E-state index < -0.39 is 0 Å². The minimum Gasteiger partial charge on any atom is -0.275 e. The van der Waals surface area contributed by atoms with Gasteiger partial charge < -0.3 is 0 Å². The fourth-order valence-corrected chi connectivity index (χ4v) is 3.43. The summed E-state index contributed by atoms with van der Waals surface area (Å²) >= 11 is 12.1. The van der Waals surface area contributed by atoms with E-state index in [9.17, 15) is 9.59 Å². The van der Waals surface area contributed by atoms with Crippen LogP contribution in [-0.2, 0) is 0 Å². The molecule has 4 rings (SSSR count). The summed E-state index contributed by atoms with van der Waals surface area (Å²) in [6.07, 6.45) is 0. The average Bonchev–Trinajstić information content (AvgIpc) is 2.56. The summed E-state index contributed by atoms with van der Waals surface area (Å²) in [5, 5.41) is 1.66. The summed E-state index contributed by atoms with van der Waals surface area (Å²) in [6, 6.07) is 9.65. The number of aromatic nitrogens is 3. The van der Waals surface area contributed by atoms with Gasteiger partial charge in [0.2, 0.25) is 5.78 Å². The van der Waals surface area contributed by atoms with E-state index in [1.165, 1.54) is 8.97 Å². The van der Waals surface area contributed by atoms with Crippen LogP contribution in [0.1, 0.15) is 19.9 Å². The van der Waals surface area contributed by atoms with Gasteiger partial charge in [-0.3, -0.25) is 14.2 Å². The highest BCUT2D eigenvalue weighted by atomic mass is 35.5. The molecule has 0 atom stereocenters. The van der Waals surface area contributed by atoms with Gasteiger partial charge in [0.15, 0.2) is 0 Å². The molecule has 0 radical (unpaired) electrons. The molecule has 0 amide bonds. The summed E-state index contributed by atoms with van der Waals surface area (Å²) in [5.41, 5.74) is 0.467. The highest BCUT2D eigenvalue weighted by Crippen LogP contribution is 2.21. The molecule has 7 heteroatoms. The van der Waals surface area contributed by atoms with Crippen molar-refractivity contribution in [1.29, 1.82) is 0 Å². The van der Waals surface area contributed by atoms with Crippen LogP contribution in [-0.4, -0.2) is 14.0 Å². The maximum absolute atomic E-state index is 13.1. The Morgan fingerprint density at radius 1 is 0.920 bits per heavy atom. The molecule has 25 heavy (non-hydrogen) atoms. The second kappa shape index (κ2) is 5.58. The largest absolute Gasteiger partial charge is 0.275 e. The van der Waals surface area contributed by atoms with Crippen molar-refractivity contribution >= 4 is 50.8 Å². The minimum atomic E-state index is -0.274. The molecule has 0 bridgehead atoms. The van der Waals surface area contributed by atoms with Gasteiger partial charge in [0.05, 0.1) is 21.8 Å². The molecular formula is C18H13Cl2N3O2. The predicted molar refractivity (Wildman–Crippen MR) is 101 cm³/mol. The fraction of sp³-hybridized carbons (Fsp3) is 0.167. The third-order valence-electron chi connectivity index (χ3n) is 4.19. The van der Waals surface area contributed by atoms with E-state index in [0.29, 0.717) is 37.6 Å². The van der Waals surface area contributed by atoms with Crippen LogP contribution in [0.5, 0.6) is 0 Å². The van der Waals surface area contributed by atoms with Gasteiger partial charge in [-0.2, -0.15) is 0 Å². The highest BCUT2D eigenvalue weighted by Gasteiger charge is 2.17. The Labute approximate surface area is 152 Å². The van der Waals surface area contributed by atoms with Gasteiger partial charge in [-0.15, -0.1) is 0 Å². The van der Waals surface area contributed by atoms with Crippen LogP contribution >= 0.6 is 23.2 Å². The van der Waals surface area contributed by atoms with Crippen LogP contribution in [0.15, 0.2) is 46.0 Å². The van der Waals surface area contributed by atoms with Gasteiger partial charge in [-0.1, -0.05) is 23.2 Å². The number of rotatable bonds is 1. The number of hydrogen-bond donors (Lipinski definition) is 0. The lowest BCUT2D eigenvalue weighted by Crippen LogP contribution is -2.30. The molecule has 0 aliphatic heterocycles. The van der Waals surface area contributed by atoms with E-state index >= 15 is 0 Å². The van der Waals surface area contributed by atoms with Gasteiger partial charge in [0.25, 0.3) is 11.1 Å². The number of benzene rings is 2. The number of halogens is 2. The van der Waals surface area contributed by atoms with Crippen LogP contribution in [0.2, 0.25) is 10.0 Å². The van der Waals surface area contributed by atoms with Crippen LogP contribution in [0.4, 0.5) is 0 Å². The maximum atomic E-state index is 13.1. The first-order valence-corrected chi connectivity index (χ1v) is 8.50. The van der Waals surface area contributed by atoms with E-state index in [1.54, 1.807) is 36.4 Å². The topological polar surface area (TPSA) is 56.4 Å². The Hall–Kier alpha value is -2.37. The Kier molecular flexibility index (Phi) is 3.60. The Morgan fingerprint density at radius 2 is 1.56 bits per heavy atom. The standard InChI is InChI=1S/C18H13Cl2N3O2/c1-9(2)22-17(25)13-8-11(20)4-6-15(13)23-16(24)12-7-10(19)3-5-14(12)21-18(22)23/h3-9H,1-2H3. The molecule has 0 unspecified atom stereocenters. The van der Waals surface area contributed by atoms with Gasteiger partial charge in [-0.25, -0.2) is 9.38 Å². The zero-order chi connectivity index (χ0) is 17.9. The third-order valence-corrected chi connectivity index (χ3v) is 4.66. The molecule has 0 spiro atoms. The van der Waals surface area contributed by atoms with Gasteiger partial charge >= 0.3 is 0 Å². The van der Waals surface area contributed by atoms with E-state index in [-0.39, 0.29) is 17.2 Å².